The Morgan fingerprint density at radius 2 is 2.16 bits per heavy atom. The standard InChI is InChI=1S/C15H18N2OS/c1-10-5-3-4-6-13(10)9-19-11(2)15-16-14(17-18-15)12-7-8-12/h3-6,11-12H,7-9H2,1-2H3. The monoisotopic (exact) mass is 274 g/mol. The summed E-state index contributed by atoms with van der Waals surface area (Å²) in [6.07, 6.45) is 2.42. The summed E-state index contributed by atoms with van der Waals surface area (Å²) in [6.45, 7) is 4.28. The fourth-order valence-electron chi connectivity index (χ4n) is 1.98. The SMILES string of the molecule is Cc1ccccc1CSC(C)c1nc(C2CC2)no1. The van der Waals surface area contributed by atoms with Gasteiger partial charge in [0.1, 0.15) is 0 Å². The van der Waals surface area contributed by atoms with E-state index in [-0.39, 0.29) is 5.25 Å². The molecule has 0 N–H and O–H groups in total. The first-order valence-electron chi connectivity index (χ1n) is 6.73. The summed E-state index contributed by atoms with van der Waals surface area (Å²) >= 11 is 1.85. The maximum atomic E-state index is 5.36. The summed E-state index contributed by atoms with van der Waals surface area (Å²) < 4.78 is 5.36. The minimum Gasteiger partial charge on any atom is -0.338 e. The third-order valence-electron chi connectivity index (χ3n) is 3.50. The highest BCUT2D eigenvalue weighted by molar-refractivity contribution is 7.98. The Hall–Kier alpha value is -1.29. The Morgan fingerprint density at radius 1 is 1.37 bits per heavy atom. The highest BCUT2D eigenvalue weighted by Crippen LogP contribution is 2.39. The van der Waals surface area contributed by atoms with Crippen molar-refractivity contribution in [2.75, 3.05) is 0 Å². The molecule has 100 valence electrons. The Bertz CT molecular complexity index is 563. The van der Waals surface area contributed by atoms with Gasteiger partial charge in [0.15, 0.2) is 5.82 Å². The Balaban J connectivity index is 1.61. The van der Waals surface area contributed by atoms with E-state index in [4.69, 9.17) is 4.52 Å². The van der Waals surface area contributed by atoms with Gasteiger partial charge in [0, 0.05) is 11.7 Å². The molecule has 2 aromatic rings. The van der Waals surface area contributed by atoms with Gasteiger partial charge in [-0.05, 0) is 37.8 Å². The normalized spacial score (nSPS) is 16.5. The van der Waals surface area contributed by atoms with Gasteiger partial charge in [-0.2, -0.15) is 4.98 Å². The number of aryl methyl sites for hydroxylation is 1. The number of hydrogen-bond acceptors (Lipinski definition) is 4. The number of rotatable bonds is 5. The molecule has 0 bridgehead atoms. The predicted molar refractivity (Wildman–Crippen MR) is 77.2 cm³/mol. The molecular formula is C15H18N2OS. The Kier molecular flexibility index (Phi) is 3.60. The van der Waals surface area contributed by atoms with Crippen molar-refractivity contribution < 1.29 is 4.52 Å². The molecular weight excluding hydrogens is 256 g/mol. The van der Waals surface area contributed by atoms with E-state index in [0.29, 0.717) is 5.92 Å². The van der Waals surface area contributed by atoms with Crippen LogP contribution in [0, 0.1) is 6.92 Å². The summed E-state index contributed by atoms with van der Waals surface area (Å²) in [5.41, 5.74) is 2.72. The molecule has 1 aliphatic carbocycles. The Labute approximate surface area is 117 Å². The average molecular weight is 274 g/mol. The summed E-state index contributed by atoms with van der Waals surface area (Å²) in [7, 11) is 0. The first kappa shape index (κ1) is 12.7. The molecule has 4 heteroatoms. The summed E-state index contributed by atoms with van der Waals surface area (Å²) in [5, 5.41) is 4.32. The van der Waals surface area contributed by atoms with E-state index in [1.54, 1.807) is 0 Å². The zero-order valence-corrected chi connectivity index (χ0v) is 12.1. The summed E-state index contributed by atoms with van der Waals surface area (Å²) in [4.78, 5) is 4.51. The largest absolute Gasteiger partial charge is 0.338 e. The van der Waals surface area contributed by atoms with Crippen LogP contribution >= 0.6 is 11.8 Å². The van der Waals surface area contributed by atoms with E-state index in [0.717, 1.165) is 17.5 Å². The smallest absolute Gasteiger partial charge is 0.239 e. The van der Waals surface area contributed by atoms with Gasteiger partial charge in [-0.15, -0.1) is 11.8 Å². The first-order valence-corrected chi connectivity index (χ1v) is 7.78. The second-order valence-electron chi connectivity index (χ2n) is 5.14. The topological polar surface area (TPSA) is 38.9 Å². The number of hydrogen-bond donors (Lipinski definition) is 0. The van der Waals surface area contributed by atoms with Crippen molar-refractivity contribution in [3.63, 3.8) is 0 Å². The van der Waals surface area contributed by atoms with Crippen molar-refractivity contribution in [2.24, 2.45) is 0 Å². The van der Waals surface area contributed by atoms with Gasteiger partial charge in [-0.1, -0.05) is 29.4 Å². The molecule has 3 nitrogen and oxygen atoms in total. The minimum absolute atomic E-state index is 0.250. The fourth-order valence-corrected chi connectivity index (χ4v) is 2.97. The number of thioether (sulfide) groups is 1. The van der Waals surface area contributed by atoms with Gasteiger partial charge in [-0.3, -0.25) is 0 Å². The van der Waals surface area contributed by atoms with Crippen LogP contribution < -0.4 is 0 Å². The van der Waals surface area contributed by atoms with Crippen molar-refractivity contribution in [3.05, 3.63) is 47.1 Å². The van der Waals surface area contributed by atoms with Crippen molar-refractivity contribution >= 4 is 11.8 Å². The molecule has 1 fully saturated rings. The zero-order chi connectivity index (χ0) is 13.2. The first-order chi connectivity index (χ1) is 9.24. The maximum absolute atomic E-state index is 5.36. The zero-order valence-electron chi connectivity index (χ0n) is 11.3. The molecule has 0 amide bonds. The molecule has 3 rings (SSSR count). The highest BCUT2D eigenvalue weighted by atomic mass is 32.2. The number of aromatic nitrogens is 2. The molecule has 1 atom stereocenters. The van der Waals surface area contributed by atoms with E-state index in [1.807, 2.05) is 11.8 Å². The molecule has 1 unspecified atom stereocenters. The van der Waals surface area contributed by atoms with Crippen LogP contribution in [0.3, 0.4) is 0 Å². The van der Waals surface area contributed by atoms with Crippen LogP contribution in [0.2, 0.25) is 0 Å². The van der Waals surface area contributed by atoms with Gasteiger partial charge in [-0.25, -0.2) is 0 Å². The van der Waals surface area contributed by atoms with Crippen LogP contribution in [0.4, 0.5) is 0 Å². The van der Waals surface area contributed by atoms with Crippen molar-refractivity contribution in [1.29, 1.82) is 0 Å². The third-order valence-corrected chi connectivity index (χ3v) is 4.68. The van der Waals surface area contributed by atoms with Gasteiger partial charge in [0.05, 0.1) is 5.25 Å². The van der Waals surface area contributed by atoms with Gasteiger partial charge < -0.3 is 4.52 Å². The summed E-state index contributed by atoms with van der Waals surface area (Å²) in [5.74, 6) is 3.21. The second-order valence-corrected chi connectivity index (χ2v) is 6.47. The van der Waals surface area contributed by atoms with Crippen LogP contribution in [0.15, 0.2) is 28.8 Å². The minimum atomic E-state index is 0.250. The maximum Gasteiger partial charge on any atom is 0.239 e. The number of nitrogens with zero attached hydrogens (tertiary/aromatic N) is 2. The van der Waals surface area contributed by atoms with E-state index >= 15 is 0 Å². The van der Waals surface area contributed by atoms with Crippen LogP contribution in [0.1, 0.15) is 53.8 Å². The molecule has 1 aliphatic rings. The van der Waals surface area contributed by atoms with Gasteiger partial charge >= 0.3 is 0 Å². The molecule has 0 saturated heterocycles. The summed E-state index contributed by atoms with van der Waals surface area (Å²) in [6, 6.07) is 8.50. The van der Waals surface area contributed by atoms with Crippen LogP contribution in [-0.2, 0) is 5.75 Å². The second kappa shape index (κ2) is 5.37. The van der Waals surface area contributed by atoms with E-state index in [1.165, 1.54) is 24.0 Å². The van der Waals surface area contributed by atoms with Crippen molar-refractivity contribution in [3.8, 4) is 0 Å². The Morgan fingerprint density at radius 3 is 2.89 bits per heavy atom. The fraction of sp³-hybridized carbons (Fsp3) is 0.467. The lowest BCUT2D eigenvalue weighted by Crippen LogP contribution is -1.92. The van der Waals surface area contributed by atoms with E-state index in [9.17, 15) is 0 Å². The van der Waals surface area contributed by atoms with E-state index < -0.39 is 0 Å². The highest BCUT2D eigenvalue weighted by Gasteiger charge is 2.29. The lowest BCUT2D eigenvalue weighted by molar-refractivity contribution is 0.375. The lowest BCUT2D eigenvalue weighted by Gasteiger charge is -2.08. The molecule has 1 aromatic carbocycles. The molecule has 1 saturated carbocycles. The van der Waals surface area contributed by atoms with Crippen LogP contribution in [-0.4, -0.2) is 10.1 Å². The lowest BCUT2D eigenvalue weighted by atomic mass is 10.1. The quantitative estimate of drug-likeness (QED) is 0.817. The molecule has 0 radical (unpaired) electrons. The molecule has 0 spiro atoms. The molecule has 1 heterocycles. The van der Waals surface area contributed by atoms with E-state index in [2.05, 4.69) is 48.3 Å². The van der Waals surface area contributed by atoms with Gasteiger partial charge in [0.2, 0.25) is 5.89 Å². The molecule has 0 aliphatic heterocycles. The van der Waals surface area contributed by atoms with Crippen molar-refractivity contribution in [1.82, 2.24) is 10.1 Å². The van der Waals surface area contributed by atoms with Crippen LogP contribution in [0.5, 0.6) is 0 Å². The number of benzene rings is 1. The average Bonchev–Trinajstić information content (AvgIpc) is 3.15. The van der Waals surface area contributed by atoms with Crippen molar-refractivity contribution in [2.45, 2.75) is 43.6 Å². The van der Waals surface area contributed by atoms with Gasteiger partial charge in [0.25, 0.3) is 0 Å². The van der Waals surface area contributed by atoms with Crippen LogP contribution in [0.25, 0.3) is 0 Å². The predicted octanol–water partition coefficient (Wildman–Crippen LogP) is 4.25. The molecule has 1 aromatic heterocycles. The molecule has 19 heavy (non-hydrogen) atoms. The third kappa shape index (κ3) is 3.00.